The summed E-state index contributed by atoms with van der Waals surface area (Å²) in [7, 11) is -2.28. The lowest BCUT2D eigenvalue weighted by molar-refractivity contribution is 0.149. The van der Waals surface area contributed by atoms with Crippen LogP contribution in [0.1, 0.15) is 24.1 Å². The maximum Gasteiger partial charge on any atom is 0.244 e. The zero-order valence-corrected chi connectivity index (χ0v) is 22.7. The number of aromatic nitrogens is 3. The minimum atomic E-state index is -3.85. The highest BCUT2D eigenvalue weighted by molar-refractivity contribution is 7.89. The normalized spacial score (nSPS) is 16.5. The standard InChI is InChI=1S/C26H26Cl2N4O4S/c1-17-13-22(31-12-10-29-16-31)19-6-3-7-23(26(19)30-17)36-15-20-21(27)8-9-24(25(20)28)37(33,34)32-11-4-5-18(32)14-35-2/h3,6-10,12-13,16,18H,4-5,11,14-15H2,1-2H3/t18-/m0/s1. The van der Waals surface area contributed by atoms with Crippen molar-refractivity contribution in [1.29, 1.82) is 0 Å². The van der Waals surface area contributed by atoms with E-state index in [0.29, 0.717) is 35.0 Å². The van der Waals surface area contributed by atoms with Crippen molar-refractivity contribution in [1.82, 2.24) is 18.8 Å². The Kier molecular flexibility index (Phi) is 7.42. The Morgan fingerprint density at radius 2 is 2.03 bits per heavy atom. The molecule has 0 unspecified atom stereocenters. The van der Waals surface area contributed by atoms with Gasteiger partial charge < -0.3 is 14.0 Å². The number of sulfonamides is 1. The van der Waals surface area contributed by atoms with Crippen LogP contribution in [-0.2, 0) is 21.4 Å². The van der Waals surface area contributed by atoms with E-state index in [1.807, 2.05) is 42.0 Å². The fourth-order valence-corrected chi connectivity index (χ4v) is 7.27. The molecule has 0 spiro atoms. The summed E-state index contributed by atoms with van der Waals surface area (Å²) in [5.41, 5.74) is 2.80. The second kappa shape index (κ2) is 10.6. The number of rotatable bonds is 8. The van der Waals surface area contributed by atoms with Gasteiger partial charge in [-0.3, -0.25) is 0 Å². The van der Waals surface area contributed by atoms with Crippen LogP contribution < -0.4 is 4.74 Å². The summed E-state index contributed by atoms with van der Waals surface area (Å²) in [4.78, 5) is 8.85. The van der Waals surface area contributed by atoms with Crippen LogP contribution in [0.2, 0.25) is 10.0 Å². The third-order valence-corrected chi connectivity index (χ3v) is 9.37. The molecular weight excluding hydrogens is 535 g/mol. The second-order valence-electron chi connectivity index (χ2n) is 8.90. The lowest BCUT2D eigenvalue weighted by Gasteiger charge is -2.24. The smallest absolute Gasteiger partial charge is 0.244 e. The topological polar surface area (TPSA) is 86.5 Å². The van der Waals surface area contributed by atoms with E-state index in [0.717, 1.165) is 29.6 Å². The fourth-order valence-electron chi connectivity index (χ4n) is 4.73. The lowest BCUT2D eigenvalue weighted by Crippen LogP contribution is -2.38. The number of fused-ring (bicyclic) bond motifs is 1. The van der Waals surface area contributed by atoms with Crippen molar-refractivity contribution in [3.63, 3.8) is 0 Å². The van der Waals surface area contributed by atoms with Gasteiger partial charge in [-0.05, 0) is 44.0 Å². The number of nitrogens with zero attached hydrogens (tertiary/aromatic N) is 4. The predicted molar refractivity (Wildman–Crippen MR) is 143 cm³/mol. The van der Waals surface area contributed by atoms with E-state index in [4.69, 9.17) is 37.7 Å². The van der Waals surface area contributed by atoms with Gasteiger partial charge >= 0.3 is 0 Å². The van der Waals surface area contributed by atoms with Crippen LogP contribution in [0, 0.1) is 6.92 Å². The molecule has 3 heterocycles. The molecule has 0 bridgehead atoms. The molecular formula is C26H26Cl2N4O4S. The number of aryl methyl sites for hydroxylation is 1. The van der Waals surface area contributed by atoms with Crippen molar-refractivity contribution < 1.29 is 17.9 Å². The van der Waals surface area contributed by atoms with Crippen molar-refractivity contribution in [2.75, 3.05) is 20.3 Å². The maximum absolute atomic E-state index is 13.5. The molecule has 37 heavy (non-hydrogen) atoms. The van der Waals surface area contributed by atoms with Crippen LogP contribution in [0.25, 0.3) is 16.6 Å². The number of halogens is 2. The highest BCUT2D eigenvalue weighted by Gasteiger charge is 2.37. The van der Waals surface area contributed by atoms with Crippen molar-refractivity contribution in [2.45, 2.75) is 37.3 Å². The molecule has 1 aliphatic heterocycles. The van der Waals surface area contributed by atoms with Crippen molar-refractivity contribution in [3.05, 3.63) is 76.4 Å². The Balaban J connectivity index is 1.48. The summed E-state index contributed by atoms with van der Waals surface area (Å²) in [6.07, 6.45) is 6.81. The Labute approximate surface area is 225 Å². The largest absolute Gasteiger partial charge is 0.487 e. The van der Waals surface area contributed by atoms with E-state index in [2.05, 4.69) is 4.98 Å². The van der Waals surface area contributed by atoms with Crippen molar-refractivity contribution in [3.8, 4) is 11.4 Å². The van der Waals surface area contributed by atoms with Gasteiger partial charge in [0.2, 0.25) is 10.0 Å². The van der Waals surface area contributed by atoms with E-state index in [-0.39, 0.29) is 22.6 Å². The van der Waals surface area contributed by atoms with Crippen LogP contribution in [0.3, 0.4) is 0 Å². The maximum atomic E-state index is 13.5. The Morgan fingerprint density at radius 3 is 2.78 bits per heavy atom. The second-order valence-corrected chi connectivity index (χ2v) is 11.5. The first-order chi connectivity index (χ1) is 17.8. The first-order valence-corrected chi connectivity index (χ1v) is 14.0. The van der Waals surface area contributed by atoms with E-state index in [1.165, 1.54) is 10.4 Å². The first kappa shape index (κ1) is 25.9. The quantitative estimate of drug-likeness (QED) is 0.286. The molecule has 0 aliphatic carbocycles. The molecule has 0 radical (unpaired) electrons. The molecule has 1 aliphatic rings. The minimum absolute atomic E-state index is 0.00875. The number of pyridine rings is 1. The van der Waals surface area contributed by atoms with Gasteiger partial charge in [0.15, 0.2) is 0 Å². The van der Waals surface area contributed by atoms with Crippen LogP contribution in [0.15, 0.2) is 60.0 Å². The van der Waals surface area contributed by atoms with E-state index in [9.17, 15) is 8.42 Å². The molecule has 0 saturated carbocycles. The molecule has 8 nitrogen and oxygen atoms in total. The average molecular weight is 561 g/mol. The number of para-hydroxylation sites is 1. The number of benzene rings is 2. The summed E-state index contributed by atoms with van der Waals surface area (Å²) >= 11 is 13.2. The zero-order chi connectivity index (χ0) is 26.2. The van der Waals surface area contributed by atoms with Gasteiger partial charge in [-0.25, -0.2) is 18.4 Å². The number of ether oxygens (including phenoxy) is 2. The van der Waals surface area contributed by atoms with Crippen molar-refractivity contribution >= 4 is 44.1 Å². The highest BCUT2D eigenvalue weighted by atomic mass is 35.5. The minimum Gasteiger partial charge on any atom is -0.487 e. The molecule has 2 aromatic carbocycles. The molecule has 1 atom stereocenters. The first-order valence-electron chi connectivity index (χ1n) is 11.8. The Hall–Kier alpha value is -2.69. The average Bonchev–Trinajstić information content (AvgIpc) is 3.56. The SMILES string of the molecule is COC[C@@H]1CCCN1S(=O)(=O)c1ccc(Cl)c(COc2cccc3c(-n4ccnc4)cc(C)nc23)c1Cl. The third kappa shape index (κ3) is 4.94. The fraction of sp³-hybridized carbons (Fsp3) is 0.308. The van der Waals surface area contributed by atoms with Gasteiger partial charge in [0, 0.05) is 53.8 Å². The summed E-state index contributed by atoms with van der Waals surface area (Å²) in [6.45, 7) is 2.63. The van der Waals surface area contributed by atoms with Crippen LogP contribution in [0.4, 0.5) is 0 Å². The summed E-state index contributed by atoms with van der Waals surface area (Å²) in [5.74, 6) is 0.530. The summed E-state index contributed by atoms with van der Waals surface area (Å²) in [6, 6.07) is 10.4. The molecule has 2 aromatic heterocycles. The monoisotopic (exact) mass is 560 g/mol. The molecule has 194 valence electrons. The number of hydrogen-bond donors (Lipinski definition) is 0. The van der Waals surface area contributed by atoms with Gasteiger partial charge in [0.25, 0.3) is 0 Å². The lowest BCUT2D eigenvalue weighted by atomic mass is 10.1. The number of methoxy groups -OCH3 is 1. The number of imidazole rings is 1. The molecule has 4 aromatic rings. The Morgan fingerprint density at radius 1 is 1.19 bits per heavy atom. The zero-order valence-electron chi connectivity index (χ0n) is 20.4. The molecule has 1 fully saturated rings. The highest BCUT2D eigenvalue weighted by Crippen LogP contribution is 2.37. The molecule has 0 amide bonds. The van der Waals surface area contributed by atoms with E-state index >= 15 is 0 Å². The van der Waals surface area contributed by atoms with Crippen LogP contribution >= 0.6 is 23.2 Å². The van der Waals surface area contributed by atoms with Crippen molar-refractivity contribution in [2.24, 2.45) is 0 Å². The molecule has 5 rings (SSSR count). The molecule has 1 saturated heterocycles. The number of hydrogen-bond acceptors (Lipinski definition) is 6. The summed E-state index contributed by atoms with van der Waals surface area (Å²) < 4.78 is 41.8. The van der Waals surface area contributed by atoms with Gasteiger partial charge in [-0.15, -0.1) is 0 Å². The molecule has 11 heteroatoms. The van der Waals surface area contributed by atoms with Crippen LogP contribution in [0.5, 0.6) is 5.75 Å². The van der Waals surface area contributed by atoms with Gasteiger partial charge in [0.1, 0.15) is 22.8 Å². The molecule has 0 N–H and O–H groups in total. The van der Waals surface area contributed by atoms with E-state index in [1.54, 1.807) is 25.7 Å². The predicted octanol–water partition coefficient (Wildman–Crippen LogP) is 5.41. The van der Waals surface area contributed by atoms with Crippen LogP contribution in [-0.4, -0.2) is 53.6 Å². The van der Waals surface area contributed by atoms with Gasteiger partial charge in [0.05, 0.1) is 23.6 Å². The Bertz CT molecular complexity index is 1540. The van der Waals surface area contributed by atoms with Gasteiger partial charge in [-0.1, -0.05) is 35.3 Å². The van der Waals surface area contributed by atoms with Gasteiger partial charge in [-0.2, -0.15) is 4.31 Å². The summed E-state index contributed by atoms with van der Waals surface area (Å²) in [5, 5.41) is 1.26. The van der Waals surface area contributed by atoms with E-state index < -0.39 is 10.0 Å². The third-order valence-electron chi connectivity index (χ3n) is 6.48.